The summed E-state index contributed by atoms with van der Waals surface area (Å²) in [6, 6.07) is 16.1. The molecule has 0 unspecified atom stereocenters. The van der Waals surface area contributed by atoms with Gasteiger partial charge in [0, 0.05) is 36.1 Å². The number of hydrogen-bond acceptors (Lipinski definition) is 8. The molecule has 0 aliphatic rings. The van der Waals surface area contributed by atoms with Crippen molar-refractivity contribution in [2.75, 3.05) is 11.1 Å². The van der Waals surface area contributed by atoms with E-state index in [1.165, 1.54) is 18.2 Å². The van der Waals surface area contributed by atoms with Gasteiger partial charge in [-0.15, -0.1) is 0 Å². The summed E-state index contributed by atoms with van der Waals surface area (Å²) in [7, 11) is 0. The Kier molecular flexibility index (Phi) is 6.77. The maximum Gasteiger partial charge on any atom is 0.433 e. The van der Waals surface area contributed by atoms with E-state index < -0.39 is 16.8 Å². The molecule has 182 valence electrons. The molecule has 0 saturated carbocycles. The van der Waals surface area contributed by atoms with Crippen LogP contribution in [0.25, 0.3) is 12.2 Å². The van der Waals surface area contributed by atoms with Gasteiger partial charge in [-0.05, 0) is 54.1 Å². The molecule has 0 saturated heterocycles. The van der Waals surface area contributed by atoms with Crippen LogP contribution in [0.3, 0.4) is 0 Å². The SMILES string of the molecule is Nc1cc(C=Cc2ccc([N+](=O)[O-])cc2)nc(Nc2ccc(Oc3ccnc(C(F)(F)F)c3)cc2)n1. The van der Waals surface area contributed by atoms with Crippen molar-refractivity contribution in [3.8, 4) is 11.5 Å². The largest absolute Gasteiger partial charge is 0.457 e. The highest BCUT2D eigenvalue weighted by Gasteiger charge is 2.32. The Labute approximate surface area is 202 Å². The average molecular weight is 494 g/mol. The van der Waals surface area contributed by atoms with Crippen molar-refractivity contribution in [1.29, 1.82) is 0 Å². The monoisotopic (exact) mass is 494 g/mol. The van der Waals surface area contributed by atoms with Crippen molar-refractivity contribution < 1.29 is 22.8 Å². The summed E-state index contributed by atoms with van der Waals surface area (Å²) in [4.78, 5) is 22.1. The Morgan fingerprint density at radius 1 is 0.944 bits per heavy atom. The Balaban J connectivity index is 1.44. The van der Waals surface area contributed by atoms with E-state index in [0.29, 0.717) is 17.1 Å². The first kappa shape index (κ1) is 24.1. The van der Waals surface area contributed by atoms with Gasteiger partial charge >= 0.3 is 6.18 Å². The highest BCUT2D eigenvalue weighted by atomic mass is 19.4. The van der Waals surface area contributed by atoms with Crippen LogP contribution in [-0.2, 0) is 6.18 Å². The van der Waals surface area contributed by atoms with E-state index in [1.54, 1.807) is 54.6 Å². The minimum Gasteiger partial charge on any atom is -0.457 e. The smallest absolute Gasteiger partial charge is 0.433 e. The van der Waals surface area contributed by atoms with Gasteiger partial charge in [-0.1, -0.05) is 6.08 Å². The van der Waals surface area contributed by atoms with Crippen molar-refractivity contribution in [1.82, 2.24) is 15.0 Å². The maximum atomic E-state index is 12.8. The van der Waals surface area contributed by atoms with Crippen LogP contribution in [0, 0.1) is 10.1 Å². The number of nitro benzene ring substituents is 1. The number of rotatable bonds is 7. The average Bonchev–Trinajstić information content (AvgIpc) is 2.83. The normalized spacial score (nSPS) is 11.4. The summed E-state index contributed by atoms with van der Waals surface area (Å²) in [6.07, 6.45) is -0.130. The van der Waals surface area contributed by atoms with Crippen LogP contribution in [0.4, 0.5) is 36.3 Å². The number of nitrogens with two attached hydrogens (primary N) is 1. The number of benzene rings is 2. The molecule has 2 aromatic carbocycles. The van der Waals surface area contributed by atoms with E-state index in [2.05, 4.69) is 20.3 Å². The van der Waals surface area contributed by atoms with E-state index in [-0.39, 0.29) is 23.2 Å². The van der Waals surface area contributed by atoms with Crippen molar-refractivity contribution in [2.24, 2.45) is 0 Å². The van der Waals surface area contributed by atoms with E-state index in [1.807, 2.05) is 0 Å². The van der Waals surface area contributed by atoms with Gasteiger partial charge in [0.2, 0.25) is 5.95 Å². The lowest BCUT2D eigenvalue weighted by molar-refractivity contribution is -0.384. The lowest BCUT2D eigenvalue weighted by Gasteiger charge is -2.10. The van der Waals surface area contributed by atoms with E-state index in [9.17, 15) is 23.3 Å². The molecule has 0 aliphatic carbocycles. The number of anilines is 3. The molecule has 0 fully saturated rings. The molecule has 2 aromatic heterocycles. The first-order chi connectivity index (χ1) is 17.2. The first-order valence-corrected chi connectivity index (χ1v) is 10.3. The third kappa shape index (κ3) is 6.32. The molecule has 0 atom stereocenters. The zero-order chi connectivity index (χ0) is 25.7. The topological polar surface area (TPSA) is 129 Å². The number of hydrogen-bond donors (Lipinski definition) is 2. The minimum absolute atomic E-state index is 0.00153. The van der Waals surface area contributed by atoms with Crippen LogP contribution in [0.5, 0.6) is 11.5 Å². The number of nitrogen functional groups attached to an aromatic ring is 1. The molecule has 0 amide bonds. The van der Waals surface area contributed by atoms with Gasteiger partial charge < -0.3 is 15.8 Å². The predicted molar refractivity (Wildman–Crippen MR) is 128 cm³/mol. The molecular weight excluding hydrogens is 477 g/mol. The van der Waals surface area contributed by atoms with Crippen LogP contribution >= 0.6 is 0 Å². The van der Waals surface area contributed by atoms with Crippen molar-refractivity contribution in [2.45, 2.75) is 6.18 Å². The van der Waals surface area contributed by atoms with E-state index in [0.717, 1.165) is 17.8 Å². The molecule has 0 spiro atoms. The number of pyridine rings is 1. The second-order valence-corrected chi connectivity index (χ2v) is 7.35. The van der Waals surface area contributed by atoms with Gasteiger partial charge in [-0.2, -0.15) is 18.2 Å². The third-order valence-corrected chi connectivity index (χ3v) is 4.68. The number of non-ortho nitro benzene ring substituents is 1. The molecule has 0 radical (unpaired) electrons. The fourth-order valence-electron chi connectivity index (χ4n) is 3.02. The quantitative estimate of drug-likeness (QED) is 0.233. The highest BCUT2D eigenvalue weighted by Crippen LogP contribution is 2.31. The molecule has 9 nitrogen and oxygen atoms in total. The van der Waals surface area contributed by atoms with Gasteiger partial charge in [-0.25, -0.2) is 4.98 Å². The maximum absolute atomic E-state index is 12.8. The molecule has 0 aliphatic heterocycles. The summed E-state index contributed by atoms with van der Waals surface area (Å²) < 4.78 is 44.0. The number of ether oxygens (including phenoxy) is 1. The predicted octanol–water partition coefficient (Wildman–Crippen LogP) is 6.09. The summed E-state index contributed by atoms with van der Waals surface area (Å²) in [6.45, 7) is 0. The first-order valence-electron chi connectivity index (χ1n) is 10.3. The van der Waals surface area contributed by atoms with Crippen LogP contribution in [-0.4, -0.2) is 19.9 Å². The van der Waals surface area contributed by atoms with Gasteiger partial charge in [0.05, 0.1) is 10.6 Å². The van der Waals surface area contributed by atoms with Gasteiger partial charge in [0.1, 0.15) is 23.0 Å². The number of nitrogens with zero attached hydrogens (tertiary/aromatic N) is 4. The molecule has 4 rings (SSSR count). The molecule has 0 bridgehead atoms. The van der Waals surface area contributed by atoms with E-state index >= 15 is 0 Å². The molecule has 2 heterocycles. The second-order valence-electron chi connectivity index (χ2n) is 7.35. The number of nitro groups is 1. The third-order valence-electron chi connectivity index (χ3n) is 4.68. The summed E-state index contributed by atoms with van der Waals surface area (Å²) in [5.41, 5.74) is 6.65. The zero-order valence-electron chi connectivity index (χ0n) is 18.3. The Hall–Kier alpha value is -5.00. The summed E-state index contributed by atoms with van der Waals surface area (Å²) in [5, 5.41) is 13.8. The lowest BCUT2D eigenvalue weighted by Crippen LogP contribution is -2.07. The fourth-order valence-corrected chi connectivity index (χ4v) is 3.02. The van der Waals surface area contributed by atoms with Gasteiger partial charge in [-0.3, -0.25) is 15.1 Å². The van der Waals surface area contributed by atoms with Crippen LogP contribution in [0.15, 0.2) is 72.9 Å². The van der Waals surface area contributed by atoms with Crippen molar-refractivity contribution in [3.05, 3.63) is 100.0 Å². The van der Waals surface area contributed by atoms with Crippen molar-refractivity contribution in [3.63, 3.8) is 0 Å². The molecule has 3 N–H and O–H groups in total. The van der Waals surface area contributed by atoms with Crippen LogP contribution in [0.2, 0.25) is 0 Å². The fraction of sp³-hybridized carbons (Fsp3) is 0.0417. The van der Waals surface area contributed by atoms with Crippen LogP contribution in [0.1, 0.15) is 17.0 Å². The van der Waals surface area contributed by atoms with Gasteiger partial charge in [0.15, 0.2) is 0 Å². The number of halogens is 3. The Morgan fingerprint density at radius 3 is 2.33 bits per heavy atom. The molecular formula is C24H17F3N6O3. The molecule has 12 heteroatoms. The second kappa shape index (κ2) is 10.1. The standard InChI is InChI=1S/C24H17F3N6O3/c25-24(26,27)21-14-20(11-12-29-21)36-19-9-5-16(6-10-19)30-23-31-17(13-22(28)32-23)4-1-15-2-7-18(8-3-15)33(34)35/h1-14H,(H3,28,30,31,32). The number of alkyl halides is 3. The molecule has 36 heavy (non-hydrogen) atoms. The highest BCUT2D eigenvalue weighted by molar-refractivity contribution is 5.70. The van der Waals surface area contributed by atoms with Crippen molar-refractivity contribution >= 4 is 35.3 Å². The van der Waals surface area contributed by atoms with Gasteiger partial charge in [0.25, 0.3) is 5.69 Å². The number of nitrogens with one attached hydrogen (secondary N) is 1. The minimum atomic E-state index is -4.57. The number of aromatic nitrogens is 3. The van der Waals surface area contributed by atoms with Crippen LogP contribution < -0.4 is 15.8 Å². The Morgan fingerprint density at radius 2 is 1.67 bits per heavy atom. The Bertz CT molecular complexity index is 1410. The lowest BCUT2D eigenvalue weighted by atomic mass is 10.2. The molecule has 4 aromatic rings. The zero-order valence-corrected chi connectivity index (χ0v) is 18.3. The summed E-state index contributed by atoms with van der Waals surface area (Å²) in [5.74, 6) is 0.756. The van der Waals surface area contributed by atoms with E-state index in [4.69, 9.17) is 10.5 Å². The summed E-state index contributed by atoms with van der Waals surface area (Å²) >= 11 is 0.